The summed E-state index contributed by atoms with van der Waals surface area (Å²) in [6.45, 7) is 13.1. The van der Waals surface area contributed by atoms with E-state index in [1.54, 1.807) is 0 Å². The van der Waals surface area contributed by atoms with Gasteiger partial charge in [0.1, 0.15) is 0 Å². The summed E-state index contributed by atoms with van der Waals surface area (Å²) < 4.78 is 0. The Morgan fingerprint density at radius 1 is 1.18 bits per heavy atom. The number of likely N-dealkylation sites (tertiary alicyclic amines) is 1. The number of carbonyl (C=O) groups excluding carboxylic acids is 1. The molecule has 3 unspecified atom stereocenters. The van der Waals surface area contributed by atoms with Gasteiger partial charge in [-0.05, 0) is 38.5 Å². The van der Waals surface area contributed by atoms with Crippen molar-refractivity contribution in [1.29, 1.82) is 0 Å². The molecule has 17 heavy (non-hydrogen) atoms. The van der Waals surface area contributed by atoms with E-state index in [4.69, 9.17) is 0 Å². The van der Waals surface area contributed by atoms with Crippen molar-refractivity contribution in [2.24, 2.45) is 17.8 Å². The third-order valence-corrected chi connectivity index (χ3v) is 4.47. The molecule has 2 nitrogen and oxygen atoms in total. The molecule has 0 radical (unpaired) electrons. The van der Waals surface area contributed by atoms with E-state index in [2.05, 4.69) is 46.4 Å². The predicted molar refractivity (Wildman–Crippen MR) is 72.8 cm³/mol. The fourth-order valence-electron chi connectivity index (χ4n) is 3.24. The first kappa shape index (κ1) is 14.5. The van der Waals surface area contributed by atoms with Crippen molar-refractivity contribution < 1.29 is 4.79 Å². The molecule has 0 aromatic heterocycles. The van der Waals surface area contributed by atoms with Gasteiger partial charge >= 0.3 is 0 Å². The molecule has 0 N–H and O–H groups in total. The minimum Gasteiger partial charge on any atom is -0.337 e. The molecule has 0 bridgehead atoms. The van der Waals surface area contributed by atoms with Gasteiger partial charge in [0.05, 0.1) is 0 Å². The van der Waals surface area contributed by atoms with E-state index in [9.17, 15) is 4.79 Å². The SMILES string of the molecule is CCC(C)C(C(=O)N1C(C)CC[C@H]1C)C(C)C. The van der Waals surface area contributed by atoms with Crippen LogP contribution in [0.25, 0.3) is 0 Å². The highest BCUT2D eigenvalue weighted by atomic mass is 16.2. The number of amides is 1. The average Bonchev–Trinajstić information content (AvgIpc) is 2.57. The third-order valence-electron chi connectivity index (χ3n) is 4.47. The quantitative estimate of drug-likeness (QED) is 0.732. The van der Waals surface area contributed by atoms with Crippen LogP contribution >= 0.6 is 0 Å². The highest BCUT2D eigenvalue weighted by Crippen LogP contribution is 2.31. The Kier molecular flexibility index (Phi) is 5.03. The summed E-state index contributed by atoms with van der Waals surface area (Å²) >= 11 is 0. The van der Waals surface area contributed by atoms with Crippen LogP contribution in [0.5, 0.6) is 0 Å². The van der Waals surface area contributed by atoms with E-state index >= 15 is 0 Å². The van der Waals surface area contributed by atoms with Crippen molar-refractivity contribution in [3.63, 3.8) is 0 Å². The van der Waals surface area contributed by atoms with Crippen LogP contribution in [0.3, 0.4) is 0 Å². The molecule has 100 valence electrons. The van der Waals surface area contributed by atoms with Crippen LogP contribution in [0.1, 0.15) is 60.8 Å². The van der Waals surface area contributed by atoms with Gasteiger partial charge in [0.15, 0.2) is 0 Å². The summed E-state index contributed by atoms with van der Waals surface area (Å²) in [5.41, 5.74) is 0. The first-order valence-corrected chi connectivity index (χ1v) is 7.22. The van der Waals surface area contributed by atoms with Gasteiger partial charge in [0, 0.05) is 18.0 Å². The largest absolute Gasteiger partial charge is 0.337 e. The number of rotatable bonds is 4. The van der Waals surface area contributed by atoms with Crippen molar-refractivity contribution >= 4 is 5.91 Å². The fraction of sp³-hybridized carbons (Fsp3) is 0.933. The lowest BCUT2D eigenvalue weighted by molar-refractivity contribution is -0.141. The first-order chi connectivity index (χ1) is 7.90. The molecule has 0 aromatic rings. The van der Waals surface area contributed by atoms with Crippen LogP contribution in [0.15, 0.2) is 0 Å². The van der Waals surface area contributed by atoms with Crippen molar-refractivity contribution in [3.05, 3.63) is 0 Å². The first-order valence-electron chi connectivity index (χ1n) is 7.22. The summed E-state index contributed by atoms with van der Waals surface area (Å²) in [5, 5.41) is 0. The Bertz CT molecular complexity index is 252. The number of hydrogen-bond donors (Lipinski definition) is 0. The summed E-state index contributed by atoms with van der Waals surface area (Å²) in [5.74, 6) is 1.52. The van der Waals surface area contributed by atoms with E-state index in [1.165, 1.54) is 0 Å². The van der Waals surface area contributed by atoms with Gasteiger partial charge in [0.25, 0.3) is 0 Å². The Morgan fingerprint density at radius 2 is 1.65 bits per heavy atom. The van der Waals surface area contributed by atoms with E-state index in [-0.39, 0.29) is 5.92 Å². The lowest BCUT2D eigenvalue weighted by atomic mass is 9.81. The molecule has 0 aromatic carbocycles. The number of nitrogens with zero attached hydrogens (tertiary/aromatic N) is 1. The van der Waals surface area contributed by atoms with Crippen molar-refractivity contribution in [3.8, 4) is 0 Å². The molecule has 0 spiro atoms. The lowest BCUT2D eigenvalue weighted by Gasteiger charge is -2.34. The molecule has 1 aliphatic heterocycles. The molecule has 0 aliphatic carbocycles. The standard InChI is InChI=1S/C15H29NO/c1-7-11(4)14(10(2)3)15(17)16-12(5)8-9-13(16)6/h10-14H,7-9H2,1-6H3/t11?,12-,13?,14?/m1/s1. The molecule has 0 saturated carbocycles. The highest BCUT2D eigenvalue weighted by molar-refractivity contribution is 5.80. The number of carbonyl (C=O) groups is 1. The normalized spacial score (nSPS) is 28.5. The minimum atomic E-state index is 0.197. The second-order valence-corrected chi connectivity index (χ2v) is 6.18. The maximum atomic E-state index is 12.7. The third kappa shape index (κ3) is 3.02. The molecule has 1 rings (SSSR count). The van der Waals surface area contributed by atoms with E-state index in [1.807, 2.05) is 0 Å². The second-order valence-electron chi connectivity index (χ2n) is 6.18. The van der Waals surface area contributed by atoms with Gasteiger partial charge in [0.2, 0.25) is 5.91 Å². The van der Waals surface area contributed by atoms with Gasteiger partial charge < -0.3 is 4.90 Å². The molecule has 1 aliphatic rings. The van der Waals surface area contributed by atoms with Gasteiger partial charge in [-0.25, -0.2) is 0 Å². The zero-order valence-electron chi connectivity index (χ0n) is 12.4. The molecular weight excluding hydrogens is 210 g/mol. The minimum absolute atomic E-state index is 0.197. The Balaban J connectivity index is 2.84. The Labute approximate surface area is 107 Å². The molecule has 2 heteroatoms. The van der Waals surface area contributed by atoms with Crippen LogP contribution in [-0.4, -0.2) is 22.9 Å². The zero-order valence-corrected chi connectivity index (χ0v) is 12.4. The Hall–Kier alpha value is -0.530. The fourth-order valence-corrected chi connectivity index (χ4v) is 3.24. The molecule has 1 fully saturated rings. The van der Waals surface area contributed by atoms with Crippen molar-refractivity contribution in [1.82, 2.24) is 4.90 Å². The monoisotopic (exact) mass is 239 g/mol. The maximum Gasteiger partial charge on any atom is 0.226 e. The van der Waals surface area contributed by atoms with Crippen LogP contribution in [0, 0.1) is 17.8 Å². The van der Waals surface area contributed by atoms with E-state index in [0.29, 0.717) is 29.8 Å². The molecule has 1 saturated heterocycles. The highest BCUT2D eigenvalue weighted by Gasteiger charge is 2.37. The molecule has 1 heterocycles. The van der Waals surface area contributed by atoms with E-state index < -0.39 is 0 Å². The lowest BCUT2D eigenvalue weighted by Crippen LogP contribution is -2.45. The van der Waals surface area contributed by atoms with E-state index in [0.717, 1.165) is 19.3 Å². The smallest absolute Gasteiger partial charge is 0.226 e. The molecule has 1 amide bonds. The number of hydrogen-bond acceptors (Lipinski definition) is 1. The summed E-state index contributed by atoms with van der Waals surface area (Å²) in [6, 6.07) is 0.866. The summed E-state index contributed by atoms with van der Waals surface area (Å²) in [7, 11) is 0. The average molecular weight is 239 g/mol. The van der Waals surface area contributed by atoms with Crippen LogP contribution < -0.4 is 0 Å². The van der Waals surface area contributed by atoms with Crippen molar-refractivity contribution in [2.45, 2.75) is 72.9 Å². The van der Waals surface area contributed by atoms with Crippen LogP contribution in [-0.2, 0) is 4.79 Å². The van der Waals surface area contributed by atoms with Gasteiger partial charge in [-0.3, -0.25) is 4.79 Å². The summed E-state index contributed by atoms with van der Waals surface area (Å²) in [6.07, 6.45) is 3.42. The van der Waals surface area contributed by atoms with Crippen molar-refractivity contribution in [2.75, 3.05) is 0 Å². The topological polar surface area (TPSA) is 20.3 Å². The van der Waals surface area contributed by atoms with Gasteiger partial charge in [-0.2, -0.15) is 0 Å². The predicted octanol–water partition coefficient (Wildman–Crippen LogP) is 3.70. The van der Waals surface area contributed by atoms with Gasteiger partial charge in [-0.15, -0.1) is 0 Å². The second kappa shape index (κ2) is 5.88. The van der Waals surface area contributed by atoms with Crippen LogP contribution in [0.4, 0.5) is 0 Å². The summed E-state index contributed by atoms with van der Waals surface area (Å²) in [4.78, 5) is 14.9. The van der Waals surface area contributed by atoms with Crippen LogP contribution in [0.2, 0.25) is 0 Å². The molecular formula is C15H29NO. The molecule has 4 atom stereocenters. The zero-order chi connectivity index (χ0) is 13.2. The van der Waals surface area contributed by atoms with Gasteiger partial charge in [-0.1, -0.05) is 34.1 Å². The maximum absolute atomic E-state index is 12.7. The Morgan fingerprint density at radius 3 is 2.00 bits per heavy atom.